The lowest BCUT2D eigenvalue weighted by Crippen LogP contribution is -2.17. The third-order valence-corrected chi connectivity index (χ3v) is 4.61. The van der Waals surface area contributed by atoms with Crippen molar-refractivity contribution >= 4 is 32.2 Å². The van der Waals surface area contributed by atoms with Gasteiger partial charge in [-0.25, -0.2) is 8.42 Å². The molecule has 8 heteroatoms. The van der Waals surface area contributed by atoms with E-state index in [-0.39, 0.29) is 11.5 Å². The lowest BCUT2D eigenvalue weighted by molar-refractivity contribution is 0.344. The molecular weight excluding hydrogens is 262 g/mol. The highest BCUT2D eigenvalue weighted by molar-refractivity contribution is 7.91. The van der Waals surface area contributed by atoms with Gasteiger partial charge in [-0.05, 0) is 18.5 Å². The molecule has 0 aliphatic rings. The summed E-state index contributed by atoms with van der Waals surface area (Å²) in [4.78, 5) is 0. The summed E-state index contributed by atoms with van der Waals surface area (Å²) >= 11 is 1.17. The van der Waals surface area contributed by atoms with E-state index in [1.54, 1.807) is 6.92 Å². The summed E-state index contributed by atoms with van der Waals surface area (Å²) in [5.74, 6) is 1.08. The molecule has 0 saturated heterocycles. The maximum absolute atomic E-state index is 11.3. The number of hydrogen-bond donors (Lipinski definition) is 2. The van der Waals surface area contributed by atoms with E-state index in [0.717, 1.165) is 0 Å². The fraction of sp³-hybridized carbons (Fsp3) is 0.667. The van der Waals surface area contributed by atoms with Gasteiger partial charge in [-0.1, -0.05) is 6.92 Å². The van der Waals surface area contributed by atoms with E-state index in [9.17, 15) is 8.42 Å². The van der Waals surface area contributed by atoms with Gasteiger partial charge >= 0.3 is 0 Å². The molecule has 98 valence electrons. The zero-order valence-corrected chi connectivity index (χ0v) is 11.5. The summed E-state index contributed by atoms with van der Waals surface area (Å²) in [6.45, 7) is 4.30. The van der Waals surface area contributed by atoms with Crippen molar-refractivity contribution in [3.63, 3.8) is 0 Å². The molecule has 17 heavy (non-hydrogen) atoms. The minimum Gasteiger partial charge on any atom is -0.487 e. The van der Waals surface area contributed by atoms with Crippen LogP contribution in [0.3, 0.4) is 0 Å². The lowest BCUT2D eigenvalue weighted by Gasteiger charge is -2.07. The SMILES string of the molecule is CCOc1c(N)nsc1NCCS(=O)(=O)CC. The predicted octanol–water partition coefficient (Wildman–Crippen LogP) is 0.971. The van der Waals surface area contributed by atoms with Gasteiger partial charge in [-0.3, -0.25) is 0 Å². The highest BCUT2D eigenvalue weighted by Crippen LogP contribution is 2.34. The second kappa shape index (κ2) is 6.06. The molecule has 0 fully saturated rings. The highest BCUT2D eigenvalue weighted by atomic mass is 32.2. The van der Waals surface area contributed by atoms with E-state index < -0.39 is 9.84 Å². The first-order valence-electron chi connectivity index (χ1n) is 5.32. The van der Waals surface area contributed by atoms with Gasteiger partial charge < -0.3 is 15.8 Å². The third-order valence-electron chi connectivity index (χ3n) is 2.10. The largest absolute Gasteiger partial charge is 0.487 e. The van der Waals surface area contributed by atoms with Gasteiger partial charge in [0.25, 0.3) is 0 Å². The predicted molar refractivity (Wildman–Crippen MR) is 70.5 cm³/mol. The molecule has 0 radical (unpaired) electrons. The monoisotopic (exact) mass is 279 g/mol. The Morgan fingerprint density at radius 1 is 1.47 bits per heavy atom. The zero-order valence-electron chi connectivity index (χ0n) is 9.89. The Bertz CT molecular complexity index is 456. The second-order valence-corrected chi connectivity index (χ2v) is 6.57. The summed E-state index contributed by atoms with van der Waals surface area (Å²) in [5, 5.41) is 3.66. The van der Waals surface area contributed by atoms with E-state index in [2.05, 4.69) is 9.69 Å². The van der Waals surface area contributed by atoms with Crippen LogP contribution in [0.5, 0.6) is 5.75 Å². The standard InChI is InChI=1S/C9H17N3O3S2/c1-3-15-7-8(10)12-16-9(7)11-5-6-17(13,14)4-2/h11H,3-6H2,1-2H3,(H2,10,12). The van der Waals surface area contributed by atoms with Crippen molar-refractivity contribution in [3.05, 3.63) is 0 Å². The molecular formula is C9H17N3O3S2. The van der Waals surface area contributed by atoms with Crippen molar-refractivity contribution < 1.29 is 13.2 Å². The third kappa shape index (κ3) is 4.04. The van der Waals surface area contributed by atoms with Gasteiger partial charge in [0.2, 0.25) is 0 Å². The number of nitrogens with zero attached hydrogens (tertiary/aromatic N) is 1. The van der Waals surface area contributed by atoms with Crippen molar-refractivity contribution in [1.29, 1.82) is 0 Å². The molecule has 1 rings (SSSR count). The summed E-state index contributed by atoms with van der Waals surface area (Å²) in [6, 6.07) is 0. The first-order valence-corrected chi connectivity index (χ1v) is 7.91. The van der Waals surface area contributed by atoms with Gasteiger partial charge in [0, 0.05) is 12.3 Å². The normalized spacial score (nSPS) is 11.4. The van der Waals surface area contributed by atoms with Crippen molar-refractivity contribution in [3.8, 4) is 5.75 Å². The Hall–Kier alpha value is -1.02. The topological polar surface area (TPSA) is 94.3 Å². The van der Waals surface area contributed by atoms with Gasteiger partial charge in [0.1, 0.15) is 0 Å². The summed E-state index contributed by atoms with van der Waals surface area (Å²) < 4.78 is 31.9. The molecule has 0 bridgehead atoms. The van der Waals surface area contributed by atoms with Crippen molar-refractivity contribution in [2.45, 2.75) is 13.8 Å². The quantitative estimate of drug-likeness (QED) is 0.772. The van der Waals surface area contributed by atoms with Crippen LogP contribution >= 0.6 is 11.5 Å². The first kappa shape index (κ1) is 14.0. The molecule has 0 aromatic carbocycles. The molecule has 0 atom stereocenters. The molecule has 3 N–H and O–H groups in total. The van der Waals surface area contributed by atoms with Crippen LogP contribution in [-0.2, 0) is 9.84 Å². The smallest absolute Gasteiger partial charge is 0.197 e. The maximum Gasteiger partial charge on any atom is 0.197 e. The molecule has 1 aromatic heterocycles. The minimum absolute atomic E-state index is 0.0901. The van der Waals surface area contributed by atoms with E-state index in [1.165, 1.54) is 11.5 Å². The molecule has 0 amide bonds. The second-order valence-electron chi connectivity index (χ2n) is 3.32. The van der Waals surface area contributed by atoms with Gasteiger partial charge in [-0.15, -0.1) is 0 Å². The molecule has 6 nitrogen and oxygen atoms in total. The average molecular weight is 279 g/mol. The van der Waals surface area contributed by atoms with E-state index in [1.807, 2.05) is 6.92 Å². The molecule has 0 aliphatic heterocycles. The molecule has 1 heterocycles. The number of nitrogens with one attached hydrogen (secondary N) is 1. The highest BCUT2D eigenvalue weighted by Gasteiger charge is 2.13. The van der Waals surface area contributed by atoms with E-state index in [4.69, 9.17) is 10.5 Å². The summed E-state index contributed by atoms with van der Waals surface area (Å²) in [7, 11) is -2.96. The Morgan fingerprint density at radius 2 is 2.18 bits per heavy atom. The van der Waals surface area contributed by atoms with Crippen LogP contribution in [0.1, 0.15) is 13.8 Å². The van der Waals surface area contributed by atoms with Crippen LogP contribution in [0, 0.1) is 0 Å². The van der Waals surface area contributed by atoms with E-state index >= 15 is 0 Å². The molecule has 0 spiro atoms. The molecule has 0 unspecified atom stereocenters. The Labute approximate surface area is 105 Å². The van der Waals surface area contributed by atoms with Crippen LogP contribution in [-0.4, -0.2) is 37.4 Å². The lowest BCUT2D eigenvalue weighted by atomic mass is 10.5. The number of rotatable bonds is 7. The maximum atomic E-state index is 11.3. The van der Waals surface area contributed by atoms with Crippen LogP contribution < -0.4 is 15.8 Å². The van der Waals surface area contributed by atoms with Crippen molar-refractivity contribution in [2.24, 2.45) is 0 Å². The summed E-state index contributed by atoms with van der Waals surface area (Å²) in [5.41, 5.74) is 5.63. The van der Waals surface area contributed by atoms with Crippen LogP contribution in [0.25, 0.3) is 0 Å². The molecule has 0 aliphatic carbocycles. The van der Waals surface area contributed by atoms with Gasteiger partial charge in [0.05, 0.1) is 12.4 Å². The molecule has 1 aromatic rings. The number of nitrogen functional groups attached to an aromatic ring is 1. The Kier molecular flexibility index (Phi) is 5.01. The van der Waals surface area contributed by atoms with Gasteiger partial charge in [0.15, 0.2) is 26.4 Å². The number of sulfone groups is 1. The summed E-state index contributed by atoms with van der Waals surface area (Å²) in [6.07, 6.45) is 0. The molecule has 0 saturated carbocycles. The minimum atomic E-state index is -2.96. The van der Waals surface area contributed by atoms with Crippen molar-refractivity contribution in [1.82, 2.24) is 4.37 Å². The number of hydrogen-bond acceptors (Lipinski definition) is 7. The van der Waals surface area contributed by atoms with E-state index in [0.29, 0.717) is 29.7 Å². The number of anilines is 2. The fourth-order valence-electron chi connectivity index (χ4n) is 1.15. The fourth-order valence-corrected chi connectivity index (χ4v) is 2.54. The van der Waals surface area contributed by atoms with Crippen LogP contribution in [0.2, 0.25) is 0 Å². The average Bonchev–Trinajstić information content (AvgIpc) is 2.62. The van der Waals surface area contributed by atoms with Crippen LogP contribution in [0.15, 0.2) is 0 Å². The number of ether oxygens (including phenoxy) is 1. The Morgan fingerprint density at radius 3 is 2.76 bits per heavy atom. The number of aromatic nitrogens is 1. The number of nitrogens with two attached hydrogens (primary N) is 1. The Balaban J connectivity index is 2.58. The first-order chi connectivity index (χ1) is 8.00. The van der Waals surface area contributed by atoms with Crippen LogP contribution in [0.4, 0.5) is 10.8 Å². The zero-order chi connectivity index (χ0) is 12.9. The van der Waals surface area contributed by atoms with Crippen molar-refractivity contribution in [2.75, 3.05) is 35.7 Å². The van der Waals surface area contributed by atoms with Gasteiger partial charge in [-0.2, -0.15) is 4.37 Å².